The highest BCUT2D eigenvalue weighted by Crippen LogP contribution is 2.45. The van der Waals surface area contributed by atoms with Gasteiger partial charge >= 0.3 is 11.9 Å². The van der Waals surface area contributed by atoms with Crippen molar-refractivity contribution in [1.29, 1.82) is 0 Å². The Morgan fingerprint density at radius 1 is 0.711 bits per heavy atom. The quantitative estimate of drug-likeness (QED) is 0.0796. The van der Waals surface area contributed by atoms with Crippen LogP contribution in [-0.4, -0.2) is 48.7 Å². The van der Waals surface area contributed by atoms with E-state index in [0.717, 1.165) is 76.2 Å². The molecule has 5 heteroatoms. The fourth-order valence-electron chi connectivity index (χ4n) is 5.74. The highest BCUT2D eigenvalue weighted by atomic mass is 16.5. The first-order valence-corrected chi connectivity index (χ1v) is 16.5. The zero-order valence-electron chi connectivity index (χ0n) is 25.5. The second kappa shape index (κ2) is 23.8. The molecule has 0 aliphatic heterocycles. The lowest BCUT2D eigenvalue weighted by Gasteiger charge is -2.18. The number of carbonyl (C=O) groups excluding carboxylic acids is 1. The number of aliphatic carboxylic acids is 1. The van der Waals surface area contributed by atoms with Crippen LogP contribution in [0.3, 0.4) is 0 Å². The average molecular weight is 538 g/mol. The zero-order valence-corrected chi connectivity index (χ0v) is 25.5. The smallest absolute Gasteiger partial charge is 0.306 e. The number of ether oxygens (including phenoxy) is 1. The summed E-state index contributed by atoms with van der Waals surface area (Å²) in [5.41, 5.74) is 0. The normalized spacial score (nSPS) is 17.6. The molecule has 0 amide bonds. The van der Waals surface area contributed by atoms with Crippen molar-refractivity contribution in [2.75, 3.05) is 20.6 Å². The molecule has 3 atom stereocenters. The van der Waals surface area contributed by atoms with Crippen molar-refractivity contribution in [3.8, 4) is 0 Å². The number of carbonyl (C=O) groups is 2. The molecule has 0 aromatic rings. The van der Waals surface area contributed by atoms with E-state index in [1.165, 1.54) is 83.5 Å². The molecular weight excluding hydrogens is 474 g/mol. The number of unbranched alkanes of at least 4 members (excludes halogenated alkanes) is 13. The molecule has 5 nitrogen and oxygen atoms in total. The van der Waals surface area contributed by atoms with Crippen LogP contribution in [0.5, 0.6) is 0 Å². The zero-order chi connectivity index (χ0) is 27.8. The van der Waals surface area contributed by atoms with Gasteiger partial charge in [0.25, 0.3) is 0 Å². The summed E-state index contributed by atoms with van der Waals surface area (Å²) in [6, 6.07) is 0. The molecule has 38 heavy (non-hydrogen) atoms. The SMILES string of the molecule is CCCCCCCCC1CC1CCCCCCCC(CCCCCCCC(=O)O)OC(=O)CCCN(C)C. The van der Waals surface area contributed by atoms with Gasteiger partial charge in [-0.15, -0.1) is 0 Å². The second-order valence-corrected chi connectivity index (χ2v) is 12.4. The van der Waals surface area contributed by atoms with Crippen LogP contribution in [0.25, 0.3) is 0 Å². The van der Waals surface area contributed by atoms with Crippen LogP contribution in [-0.2, 0) is 14.3 Å². The Labute approximate surface area is 235 Å². The Morgan fingerprint density at radius 2 is 1.21 bits per heavy atom. The van der Waals surface area contributed by atoms with Gasteiger partial charge in [-0.2, -0.15) is 0 Å². The monoisotopic (exact) mass is 537 g/mol. The minimum Gasteiger partial charge on any atom is -0.481 e. The van der Waals surface area contributed by atoms with Crippen molar-refractivity contribution in [3.63, 3.8) is 0 Å². The lowest BCUT2D eigenvalue weighted by molar-refractivity contribution is -0.150. The second-order valence-electron chi connectivity index (χ2n) is 12.4. The lowest BCUT2D eigenvalue weighted by Crippen LogP contribution is -2.20. The van der Waals surface area contributed by atoms with Gasteiger partial charge in [0.15, 0.2) is 0 Å². The molecule has 1 aliphatic carbocycles. The maximum atomic E-state index is 12.4. The van der Waals surface area contributed by atoms with Crippen molar-refractivity contribution in [2.24, 2.45) is 11.8 Å². The molecule has 1 fully saturated rings. The van der Waals surface area contributed by atoms with Gasteiger partial charge < -0.3 is 14.7 Å². The fraction of sp³-hybridized carbons (Fsp3) is 0.939. The first-order valence-electron chi connectivity index (χ1n) is 16.5. The van der Waals surface area contributed by atoms with Gasteiger partial charge in [0.05, 0.1) is 0 Å². The van der Waals surface area contributed by atoms with Crippen LogP contribution in [0.15, 0.2) is 0 Å². The largest absolute Gasteiger partial charge is 0.481 e. The Hall–Kier alpha value is -1.10. The number of esters is 1. The molecule has 0 aromatic carbocycles. The topological polar surface area (TPSA) is 66.8 Å². The van der Waals surface area contributed by atoms with Crippen LogP contribution in [0.4, 0.5) is 0 Å². The van der Waals surface area contributed by atoms with E-state index < -0.39 is 5.97 Å². The van der Waals surface area contributed by atoms with E-state index in [1.54, 1.807) is 0 Å². The first-order chi connectivity index (χ1) is 18.4. The van der Waals surface area contributed by atoms with E-state index in [0.29, 0.717) is 6.42 Å². The first kappa shape index (κ1) is 34.9. The highest BCUT2D eigenvalue weighted by Gasteiger charge is 2.35. The molecule has 0 bridgehead atoms. The van der Waals surface area contributed by atoms with E-state index in [-0.39, 0.29) is 18.5 Å². The minimum atomic E-state index is -0.702. The Bertz CT molecular complexity index is 579. The van der Waals surface area contributed by atoms with Crippen molar-refractivity contribution in [3.05, 3.63) is 0 Å². The molecule has 1 rings (SSSR count). The summed E-state index contributed by atoms with van der Waals surface area (Å²) in [5, 5.41) is 8.76. The number of hydrogen-bond acceptors (Lipinski definition) is 4. The summed E-state index contributed by atoms with van der Waals surface area (Å²) in [7, 11) is 4.06. The van der Waals surface area contributed by atoms with E-state index in [9.17, 15) is 9.59 Å². The summed E-state index contributed by atoms with van der Waals surface area (Å²) >= 11 is 0. The van der Waals surface area contributed by atoms with Gasteiger partial charge in [0.1, 0.15) is 6.10 Å². The van der Waals surface area contributed by atoms with Crippen LogP contribution in [0.1, 0.15) is 161 Å². The maximum Gasteiger partial charge on any atom is 0.306 e. The predicted octanol–water partition coefficient (Wildman–Crippen LogP) is 9.17. The summed E-state index contributed by atoms with van der Waals surface area (Å²) in [6.07, 6.45) is 28.0. The number of carboxylic acid groups (broad SMARTS) is 1. The van der Waals surface area contributed by atoms with Gasteiger partial charge in [0, 0.05) is 12.8 Å². The molecule has 3 unspecified atom stereocenters. The molecule has 0 aromatic heterocycles. The van der Waals surface area contributed by atoms with E-state index in [1.807, 2.05) is 14.1 Å². The van der Waals surface area contributed by atoms with Crippen LogP contribution in [0, 0.1) is 11.8 Å². The van der Waals surface area contributed by atoms with Crippen LogP contribution < -0.4 is 0 Å². The summed E-state index contributed by atoms with van der Waals surface area (Å²) in [5.74, 6) is 1.34. The van der Waals surface area contributed by atoms with Gasteiger partial charge in [-0.05, 0) is 77.4 Å². The minimum absolute atomic E-state index is 0.0433. The maximum absolute atomic E-state index is 12.4. The molecule has 0 radical (unpaired) electrons. The third-order valence-corrected chi connectivity index (χ3v) is 8.30. The molecule has 0 spiro atoms. The third kappa shape index (κ3) is 21.8. The van der Waals surface area contributed by atoms with Gasteiger partial charge in [-0.3, -0.25) is 9.59 Å². The van der Waals surface area contributed by atoms with Gasteiger partial charge in [0.2, 0.25) is 0 Å². The van der Waals surface area contributed by atoms with Crippen molar-refractivity contribution in [1.82, 2.24) is 4.90 Å². The van der Waals surface area contributed by atoms with Gasteiger partial charge in [-0.25, -0.2) is 0 Å². The summed E-state index contributed by atoms with van der Waals surface area (Å²) < 4.78 is 5.90. The lowest BCUT2D eigenvalue weighted by atomic mass is 10.0. The summed E-state index contributed by atoms with van der Waals surface area (Å²) in [6.45, 7) is 3.20. The fourth-order valence-corrected chi connectivity index (χ4v) is 5.74. The molecule has 1 saturated carbocycles. The van der Waals surface area contributed by atoms with E-state index >= 15 is 0 Å². The van der Waals surface area contributed by atoms with Crippen LogP contribution >= 0.6 is 0 Å². The number of nitrogens with zero attached hydrogens (tertiary/aromatic N) is 1. The van der Waals surface area contributed by atoms with E-state index in [2.05, 4.69) is 11.8 Å². The average Bonchev–Trinajstić information content (AvgIpc) is 3.62. The molecule has 0 saturated heterocycles. The Balaban J connectivity index is 2.11. The molecule has 1 N–H and O–H groups in total. The molecular formula is C33H63NO4. The van der Waals surface area contributed by atoms with Gasteiger partial charge in [-0.1, -0.05) is 103 Å². The third-order valence-electron chi connectivity index (χ3n) is 8.30. The Morgan fingerprint density at radius 3 is 1.74 bits per heavy atom. The number of carboxylic acids is 1. The Kier molecular flexibility index (Phi) is 21.8. The molecule has 0 heterocycles. The van der Waals surface area contributed by atoms with Crippen LogP contribution in [0.2, 0.25) is 0 Å². The van der Waals surface area contributed by atoms with Crippen molar-refractivity contribution >= 4 is 11.9 Å². The molecule has 224 valence electrons. The number of rotatable bonds is 28. The highest BCUT2D eigenvalue weighted by molar-refractivity contribution is 5.69. The summed E-state index contributed by atoms with van der Waals surface area (Å²) in [4.78, 5) is 25.1. The number of hydrogen-bond donors (Lipinski definition) is 1. The predicted molar refractivity (Wildman–Crippen MR) is 160 cm³/mol. The molecule has 1 aliphatic rings. The van der Waals surface area contributed by atoms with E-state index in [4.69, 9.17) is 9.84 Å². The standard InChI is InChI=1S/C33H63NO4/c1-4-5-6-7-10-15-21-29-28-30(29)22-16-11-8-12-17-23-31(38-33(37)26-20-27-34(2)3)24-18-13-9-14-19-25-32(35)36/h29-31H,4-28H2,1-3H3,(H,35,36). The van der Waals surface area contributed by atoms with Crippen molar-refractivity contribution in [2.45, 2.75) is 167 Å². The van der Waals surface area contributed by atoms with Crippen molar-refractivity contribution < 1.29 is 19.4 Å².